The first kappa shape index (κ1) is 19.6. The Morgan fingerprint density at radius 3 is 1.88 bits per heavy atom. The summed E-state index contributed by atoms with van der Waals surface area (Å²) in [4.78, 5) is 0. The Balaban J connectivity index is 0. The maximum atomic E-state index is 2.27. The number of halogens is 3. The summed E-state index contributed by atoms with van der Waals surface area (Å²) < 4.78 is 0.231. The molecule has 0 spiro atoms. The summed E-state index contributed by atoms with van der Waals surface area (Å²) in [7, 11) is 0. The minimum Gasteiger partial charge on any atom is -1.00 e. The molecule has 0 amide bonds. The molecule has 0 bridgehead atoms. The topological polar surface area (TPSA) is 0 Å². The van der Waals surface area contributed by atoms with Gasteiger partial charge in [-0.2, -0.15) is 0 Å². The van der Waals surface area contributed by atoms with Crippen LogP contribution in [0, 0.1) is 6.92 Å². The second-order valence-electron chi connectivity index (χ2n) is 3.92. The van der Waals surface area contributed by atoms with Crippen LogP contribution in [0.1, 0.15) is 11.1 Å². The van der Waals surface area contributed by atoms with Crippen LogP contribution >= 0.6 is 0 Å². The fraction of sp³-hybridized carbons (Fsp3) is 0.231. The molecule has 0 saturated carbocycles. The molecule has 0 radical (unpaired) electrons. The molecule has 0 heterocycles. The van der Waals surface area contributed by atoms with E-state index in [1.54, 1.807) is 0 Å². The summed E-state index contributed by atoms with van der Waals surface area (Å²) in [5.41, 5.74) is 2.74. The normalized spacial score (nSPS) is 14.5. The minimum atomic E-state index is 0. The first-order valence-electron chi connectivity index (χ1n) is 4.86. The molecule has 17 heavy (non-hydrogen) atoms. The molecule has 0 saturated heterocycles. The van der Waals surface area contributed by atoms with E-state index in [2.05, 4.69) is 75.9 Å². The zero-order valence-electron chi connectivity index (χ0n) is 9.46. The van der Waals surface area contributed by atoms with Gasteiger partial charge in [0.1, 0.15) is 0 Å². The summed E-state index contributed by atoms with van der Waals surface area (Å²) in [6.45, 7) is 2.13. The van der Waals surface area contributed by atoms with E-state index in [1.165, 1.54) is 11.1 Å². The molecule has 0 nitrogen and oxygen atoms in total. The summed E-state index contributed by atoms with van der Waals surface area (Å²) in [6, 6.07) is 8.81. The van der Waals surface area contributed by atoms with Gasteiger partial charge in [-0.3, -0.25) is 0 Å². The number of aryl methyl sites for hydroxylation is 1. The molecule has 0 N–H and O–H groups in total. The van der Waals surface area contributed by atoms with Crippen LogP contribution in [0.15, 0.2) is 48.6 Å². The average molecular weight is 323 g/mol. The molecular formula is C13H13Cl3Ti. The SMILES string of the molecule is Cc1ccc(C[C]2([Ti+3])C=CC=C2)cc1.[Cl-].[Cl-].[Cl-]. The van der Waals surface area contributed by atoms with Crippen molar-refractivity contribution in [3.05, 3.63) is 59.7 Å². The fourth-order valence-electron chi connectivity index (χ4n) is 1.67. The standard InChI is InChI=1S/C13H13.3ClH.Ti/c1-11-6-8-13(9-7-11)10-12-4-2-3-5-12;;;;/h2-9H,10H2,1H3;3*1H;/q;;;;+3/p-3. The number of rotatable bonds is 2. The maximum absolute atomic E-state index is 2.27. The van der Waals surface area contributed by atoms with Gasteiger partial charge in [-0.1, -0.05) is 0 Å². The van der Waals surface area contributed by atoms with Crippen LogP contribution in [0.4, 0.5) is 0 Å². The molecule has 1 aromatic rings. The average Bonchev–Trinajstić information content (AvgIpc) is 2.57. The minimum absolute atomic E-state index is 0. The Morgan fingerprint density at radius 2 is 1.41 bits per heavy atom. The number of hydrogen-bond donors (Lipinski definition) is 0. The zero-order chi connectivity index (χ0) is 10.0. The van der Waals surface area contributed by atoms with Crippen molar-refractivity contribution in [1.29, 1.82) is 0 Å². The third kappa shape index (κ3) is 5.63. The number of hydrogen-bond acceptors (Lipinski definition) is 0. The molecular weight excluding hydrogens is 310 g/mol. The number of allylic oxidation sites excluding steroid dienone is 4. The molecule has 4 heteroatoms. The van der Waals surface area contributed by atoms with Crippen LogP contribution in [0.25, 0.3) is 0 Å². The summed E-state index contributed by atoms with van der Waals surface area (Å²) in [6.07, 6.45) is 9.91. The first-order chi connectivity index (χ1) is 6.68. The molecule has 1 aliphatic carbocycles. The second kappa shape index (κ2) is 8.40. The molecule has 1 aromatic carbocycles. The van der Waals surface area contributed by atoms with Gasteiger partial charge in [0.05, 0.1) is 0 Å². The van der Waals surface area contributed by atoms with Crippen molar-refractivity contribution in [1.82, 2.24) is 0 Å². The van der Waals surface area contributed by atoms with Gasteiger partial charge in [-0.25, -0.2) is 0 Å². The van der Waals surface area contributed by atoms with Crippen molar-refractivity contribution in [2.75, 3.05) is 0 Å². The van der Waals surface area contributed by atoms with E-state index >= 15 is 0 Å². The van der Waals surface area contributed by atoms with Gasteiger partial charge in [0.25, 0.3) is 0 Å². The van der Waals surface area contributed by atoms with Gasteiger partial charge in [0.2, 0.25) is 0 Å². The predicted octanol–water partition coefficient (Wildman–Crippen LogP) is -5.62. The van der Waals surface area contributed by atoms with E-state index in [0.717, 1.165) is 6.42 Å². The Labute approximate surface area is 134 Å². The monoisotopic (exact) mass is 322 g/mol. The summed E-state index contributed by atoms with van der Waals surface area (Å²) in [5.74, 6) is 0. The third-order valence-electron chi connectivity index (χ3n) is 2.52. The Hall–Kier alpha value is 0.284. The van der Waals surface area contributed by atoms with E-state index in [4.69, 9.17) is 0 Å². The van der Waals surface area contributed by atoms with Crippen LogP contribution in [-0.4, -0.2) is 0 Å². The molecule has 1 aliphatic rings. The largest absolute Gasteiger partial charge is 1.00 e. The van der Waals surface area contributed by atoms with E-state index in [1.807, 2.05) is 0 Å². The molecule has 2 rings (SSSR count). The number of benzene rings is 1. The molecule has 0 fully saturated rings. The molecule has 0 atom stereocenters. The Bertz CT molecular complexity index is 370. The van der Waals surface area contributed by atoms with Crippen molar-refractivity contribution >= 4 is 0 Å². The molecule has 0 aliphatic heterocycles. The quantitative estimate of drug-likeness (QED) is 0.476. The second-order valence-corrected chi connectivity index (χ2v) is 5.37. The van der Waals surface area contributed by atoms with Crippen molar-refractivity contribution in [3.63, 3.8) is 0 Å². The van der Waals surface area contributed by atoms with Gasteiger partial charge in [-0.05, 0) is 0 Å². The van der Waals surface area contributed by atoms with E-state index < -0.39 is 0 Å². The Kier molecular flexibility index (Phi) is 9.69. The smallest absolute Gasteiger partial charge is 1.00 e. The molecule has 90 valence electrons. The van der Waals surface area contributed by atoms with Gasteiger partial charge >= 0.3 is 97.2 Å². The fourth-order valence-corrected chi connectivity index (χ4v) is 2.29. The van der Waals surface area contributed by atoms with Crippen molar-refractivity contribution in [2.45, 2.75) is 17.1 Å². The predicted molar refractivity (Wildman–Crippen MR) is 55.9 cm³/mol. The van der Waals surface area contributed by atoms with Crippen LogP contribution in [0.5, 0.6) is 0 Å². The first-order valence-corrected chi connectivity index (χ1v) is 5.64. The third-order valence-corrected chi connectivity index (χ3v) is 3.31. The van der Waals surface area contributed by atoms with E-state index in [9.17, 15) is 0 Å². The van der Waals surface area contributed by atoms with Gasteiger partial charge in [0.15, 0.2) is 0 Å². The molecule has 0 aromatic heterocycles. The van der Waals surface area contributed by atoms with Gasteiger partial charge in [-0.15, -0.1) is 0 Å². The van der Waals surface area contributed by atoms with Gasteiger partial charge < -0.3 is 37.2 Å². The molecule has 0 unspecified atom stereocenters. The van der Waals surface area contributed by atoms with Crippen molar-refractivity contribution < 1.29 is 57.7 Å². The zero-order valence-corrected chi connectivity index (χ0v) is 13.3. The van der Waals surface area contributed by atoms with E-state index in [0.29, 0.717) is 0 Å². The van der Waals surface area contributed by atoms with Gasteiger partial charge in [0, 0.05) is 0 Å². The van der Waals surface area contributed by atoms with Crippen LogP contribution in [0.3, 0.4) is 0 Å². The van der Waals surface area contributed by atoms with Crippen LogP contribution < -0.4 is 37.2 Å². The summed E-state index contributed by atoms with van der Waals surface area (Å²) in [5, 5.41) is 0. The Morgan fingerprint density at radius 1 is 0.941 bits per heavy atom. The maximum Gasteiger partial charge on any atom is -1.00 e. The van der Waals surface area contributed by atoms with Crippen molar-refractivity contribution in [3.8, 4) is 0 Å². The summed E-state index contributed by atoms with van der Waals surface area (Å²) >= 11 is 2.27. The van der Waals surface area contributed by atoms with Crippen molar-refractivity contribution in [2.24, 2.45) is 0 Å². The van der Waals surface area contributed by atoms with Crippen LogP contribution in [0.2, 0.25) is 3.72 Å². The van der Waals surface area contributed by atoms with Crippen LogP contribution in [-0.2, 0) is 26.9 Å². The van der Waals surface area contributed by atoms with E-state index in [-0.39, 0.29) is 40.9 Å².